The molecule has 0 fully saturated rings. The minimum Gasteiger partial charge on any atom is -0.466 e. The molecule has 1 rings (SSSR count). The standard InChI is InChI=1S/C44H84NO5/c1-4-7-10-13-16-17-18-21-27-39-49-43(47)35-34-42-40(30-28-36-45(42)37-38-46)29-23-22-26-33-44(48)50-41(31-24-19-14-11-8-5-2)32-25-20-15-12-9-6-3/h36,40-42,46H,4-35,37-39H2,1-3H3/q+1. The number of hydrogen-bond donors (Lipinski definition) is 1. The maximum absolute atomic E-state index is 12.9. The van der Waals surface area contributed by atoms with E-state index in [1.807, 2.05) is 0 Å². The maximum atomic E-state index is 12.9. The molecule has 0 aliphatic carbocycles. The van der Waals surface area contributed by atoms with E-state index in [4.69, 9.17) is 9.47 Å². The van der Waals surface area contributed by atoms with Crippen LogP contribution in [0.4, 0.5) is 0 Å². The van der Waals surface area contributed by atoms with E-state index in [0.29, 0.717) is 31.9 Å². The number of hydrogen-bond acceptors (Lipinski definition) is 5. The molecule has 0 bridgehead atoms. The van der Waals surface area contributed by atoms with Crippen molar-refractivity contribution in [1.82, 2.24) is 0 Å². The highest BCUT2D eigenvalue weighted by Crippen LogP contribution is 2.28. The van der Waals surface area contributed by atoms with Gasteiger partial charge in [-0.2, -0.15) is 0 Å². The number of ether oxygens (including phenoxy) is 2. The Bertz CT molecular complexity index is 798. The van der Waals surface area contributed by atoms with E-state index in [9.17, 15) is 14.7 Å². The lowest BCUT2D eigenvalue weighted by molar-refractivity contribution is -0.578. The zero-order valence-corrected chi connectivity index (χ0v) is 33.6. The van der Waals surface area contributed by atoms with Crippen molar-refractivity contribution in [3.8, 4) is 0 Å². The Balaban J connectivity index is 2.38. The predicted octanol–water partition coefficient (Wildman–Crippen LogP) is 12.1. The van der Waals surface area contributed by atoms with Gasteiger partial charge in [0.2, 0.25) is 0 Å². The smallest absolute Gasteiger partial charge is 0.306 e. The summed E-state index contributed by atoms with van der Waals surface area (Å²) in [4.78, 5) is 25.5. The quantitative estimate of drug-likeness (QED) is 0.0399. The zero-order chi connectivity index (χ0) is 36.3. The van der Waals surface area contributed by atoms with E-state index in [-0.39, 0.29) is 30.7 Å². The van der Waals surface area contributed by atoms with Crippen LogP contribution >= 0.6 is 0 Å². The number of aliphatic hydroxyl groups excluding tert-OH is 1. The van der Waals surface area contributed by atoms with Crippen LogP contribution in [0.25, 0.3) is 0 Å². The van der Waals surface area contributed by atoms with Gasteiger partial charge in [0, 0.05) is 25.2 Å². The SMILES string of the molecule is CCCCCCCCCCCOC(=O)CCC1C(CCCCCC(=O)OC(CCCCCCCC)CCCCCCCC)CCC=[N+]1CCO. The zero-order valence-electron chi connectivity index (χ0n) is 33.6. The van der Waals surface area contributed by atoms with Crippen molar-refractivity contribution in [2.24, 2.45) is 5.92 Å². The van der Waals surface area contributed by atoms with Crippen LogP contribution in [0.5, 0.6) is 0 Å². The first-order chi connectivity index (χ1) is 24.5. The van der Waals surface area contributed by atoms with E-state index in [0.717, 1.165) is 70.6 Å². The molecule has 0 aromatic carbocycles. The topological polar surface area (TPSA) is 75.8 Å². The molecule has 0 radical (unpaired) electrons. The van der Waals surface area contributed by atoms with Gasteiger partial charge in [-0.3, -0.25) is 9.59 Å². The number of carbonyl (C=O) groups is 2. The fourth-order valence-corrected chi connectivity index (χ4v) is 7.76. The average molecular weight is 707 g/mol. The first kappa shape index (κ1) is 46.6. The third-order valence-corrected chi connectivity index (χ3v) is 10.9. The summed E-state index contributed by atoms with van der Waals surface area (Å²) >= 11 is 0. The Labute approximate surface area is 310 Å². The minimum absolute atomic E-state index is 0.00727. The molecule has 50 heavy (non-hydrogen) atoms. The summed E-state index contributed by atoms with van der Waals surface area (Å²) in [6.07, 6.45) is 38.9. The molecule has 0 spiro atoms. The van der Waals surface area contributed by atoms with Crippen LogP contribution in [-0.4, -0.2) is 59.7 Å². The molecule has 2 unspecified atom stereocenters. The van der Waals surface area contributed by atoms with Gasteiger partial charge in [0.15, 0.2) is 12.6 Å². The van der Waals surface area contributed by atoms with Gasteiger partial charge in [-0.1, -0.05) is 149 Å². The summed E-state index contributed by atoms with van der Waals surface area (Å²) in [5.41, 5.74) is 0. The summed E-state index contributed by atoms with van der Waals surface area (Å²) in [7, 11) is 0. The summed E-state index contributed by atoms with van der Waals surface area (Å²) < 4.78 is 14.0. The van der Waals surface area contributed by atoms with E-state index in [1.165, 1.54) is 122 Å². The molecule has 0 saturated carbocycles. The van der Waals surface area contributed by atoms with E-state index in [2.05, 4.69) is 31.6 Å². The molecule has 2 atom stereocenters. The van der Waals surface area contributed by atoms with Crippen LogP contribution in [-0.2, 0) is 19.1 Å². The van der Waals surface area contributed by atoms with Gasteiger partial charge >= 0.3 is 11.9 Å². The molecule has 1 N–H and O–H groups in total. The highest BCUT2D eigenvalue weighted by atomic mass is 16.5. The summed E-state index contributed by atoms with van der Waals surface area (Å²) in [6, 6.07) is 0.269. The minimum atomic E-state index is -0.0809. The largest absolute Gasteiger partial charge is 0.466 e. The van der Waals surface area contributed by atoms with Crippen LogP contribution in [0.3, 0.4) is 0 Å². The molecule has 6 heteroatoms. The van der Waals surface area contributed by atoms with Gasteiger partial charge in [0.1, 0.15) is 18.9 Å². The van der Waals surface area contributed by atoms with Crippen LogP contribution < -0.4 is 0 Å². The Kier molecular flexibility index (Phi) is 32.3. The van der Waals surface area contributed by atoms with Crippen molar-refractivity contribution in [3.05, 3.63) is 0 Å². The van der Waals surface area contributed by atoms with Gasteiger partial charge in [0.25, 0.3) is 0 Å². The van der Waals surface area contributed by atoms with Gasteiger partial charge in [-0.05, 0) is 51.4 Å². The molecule has 294 valence electrons. The molecule has 6 nitrogen and oxygen atoms in total. The van der Waals surface area contributed by atoms with Crippen LogP contribution in [0.15, 0.2) is 0 Å². The molecule has 1 aliphatic heterocycles. The number of unbranched alkanes of at least 4 members (excludes halogenated alkanes) is 20. The molecule has 0 saturated heterocycles. The lowest BCUT2D eigenvalue weighted by atomic mass is 9.84. The fourth-order valence-electron chi connectivity index (χ4n) is 7.76. The lowest BCUT2D eigenvalue weighted by Crippen LogP contribution is -2.40. The third-order valence-electron chi connectivity index (χ3n) is 10.9. The van der Waals surface area contributed by atoms with Crippen molar-refractivity contribution in [2.45, 2.75) is 238 Å². The summed E-state index contributed by atoms with van der Waals surface area (Å²) in [5, 5.41) is 9.70. The first-order valence-corrected chi connectivity index (χ1v) is 22.1. The number of β-amino-alcohol motifs (C(OH)–C–C–N with tert-alkyl or cyclic N) is 1. The second-order valence-electron chi connectivity index (χ2n) is 15.5. The number of esters is 2. The normalized spacial score (nSPS) is 16.1. The Morgan fingerprint density at radius 1 is 0.640 bits per heavy atom. The number of rotatable bonds is 36. The average Bonchev–Trinajstić information content (AvgIpc) is 3.11. The highest BCUT2D eigenvalue weighted by molar-refractivity contribution is 5.69. The second kappa shape index (κ2) is 34.6. The Morgan fingerprint density at radius 3 is 1.72 bits per heavy atom. The van der Waals surface area contributed by atoms with Crippen LogP contribution in [0.2, 0.25) is 0 Å². The van der Waals surface area contributed by atoms with Crippen molar-refractivity contribution in [2.75, 3.05) is 19.8 Å². The molecular weight excluding hydrogens is 622 g/mol. The number of aliphatic hydroxyl groups is 1. The molecule has 1 heterocycles. The van der Waals surface area contributed by atoms with Gasteiger partial charge < -0.3 is 14.6 Å². The molecule has 0 amide bonds. The van der Waals surface area contributed by atoms with Crippen molar-refractivity contribution >= 4 is 18.2 Å². The van der Waals surface area contributed by atoms with E-state index in [1.54, 1.807) is 0 Å². The van der Waals surface area contributed by atoms with E-state index < -0.39 is 0 Å². The fraction of sp³-hybridized carbons (Fsp3) is 0.932. The molecule has 0 aromatic rings. The lowest BCUT2D eigenvalue weighted by Gasteiger charge is -2.28. The number of nitrogens with zero attached hydrogens (tertiary/aromatic N) is 1. The van der Waals surface area contributed by atoms with Crippen molar-refractivity contribution in [1.29, 1.82) is 0 Å². The molecular formula is C44H84NO5+. The van der Waals surface area contributed by atoms with E-state index >= 15 is 0 Å². The molecule has 1 aliphatic rings. The Hall–Kier alpha value is -1.43. The summed E-state index contributed by atoms with van der Waals surface area (Å²) in [6.45, 7) is 8.06. The number of carbonyl (C=O) groups excluding carboxylic acids is 2. The van der Waals surface area contributed by atoms with Crippen LogP contribution in [0.1, 0.15) is 226 Å². The van der Waals surface area contributed by atoms with Crippen LogP contribution in [0, 0.1) is 5.92 Å². The maximum Gasteiger partial charge on any atom is 0.306 e. The van der Waals surface area contributed by atoms with Gasteiger partial charge in [-0.15, -0.1) is 0 Å². The third kappa shape index (κ3) is 26.4. The van der Waals surface area contributed by atoms with Gasteiger partial charge in [-0.25, -0.2) is 4.58 Å². The van der Waals surface area contributed by atoms with Crippen molar-refractivity contribution in [3.63, 3.8) is 0 Å². The monoisotopic (exact) mass is 707 g/mol. The van der Waals surface area contributed by atoms with Crippen molar-refractivity contribution < 1.29 is 28.7 Å². The molecule has 0 aromatic heterocycles. The predicted molar refractivity (Wildman–Crippen MR) is 211 cm³/mol. The highest BCUT2D eigenvalue weighted by Gasteiger charge is 2.33. The Morgan fingerprint density at radius 2 is 1.16 bits per heavy atom. The first-order valence-electron chi connectivity index (χ1n) is 22.1. The second-order valence-corrected chi connectivity index (χ2v) is 15.5. The van der Waals surface area contributed by atoms with Gasteiger partial charge in [0.05, 0.1) is 13.0 Å². The summed E-state index contributed by atoms with van der Waals surface area (Å²) in [5.74, 6) is 0.414.